The molecule has 112 valence electrons. The Labute approximate surface area is 129 Å². The summed E-state index contributed by atoms with van der Waals surface area (Å²) in [5.41, 5.74) is 5.59. The summed E-state index contributed by atoms with van der Waals surface area (Å²) in [6.07, 6.45) is 3.37. The van der Waals surface area contributed by atoms with E-state index >= 15 is 0 Å². The first-order valence-corrected chi connectivity index (χ1v) is 8.10. The van der Waals surface area contributed by atoms with Crippen LogP contribution in [0.3, 0.4) is 0 Å². The van der Waals surface area contributed by atoms with Crippen molar-refractivity contribution in [2.45, 2.75) is 46.1 Å². The average Bonchev–Trinajstić information content (AvgIpc) is 2.52. The quantitative estimate of drug-likeness (QED) is 0.765. The molecule has 0 aliphatic heterocycles. The second kappa shape index (κ2) is 7.99. The van der Waals surface area contributed by atoms with Crippen LogP contribution in [0.4, 0.5) is 0 Å². The van der Waals surface area contributed by atoms with Crippen LogP contribution < -0.4 is 5.32 Å². The van der Waals surface area contributed by atoms with E-state index in [1.165, 1.54) is 22.3 Å². The van der Waals surface area contributed by atoms with Gasteiger partial charge in [0.25, 0.3) is 0 Å². The Morgan fingerprint density at radius 2 is 1.71 bits per heavy atom. The number of rotatable bonds is 7. The molecule has 0 heterocycles. The zero-order valence-electron chi connectivity index (χ0n) is 13.5. The molecule has 0 amide bonds. The van der Waals surface area contributed by atoms with Crippen LogP contribution in [0.25, 0.3) is 0 Å². The molecule has 0 bridgehead atoms. The molecule has 1 atom stereocenters. The SMILES string of the molecule is CCNC(CCc1cccc(C)c1)c1ccc(CC)cc1. The van der Waals surface area contributed by atoms with Crippen LogP contribution in [0.5, 0.6) is 0 Å². The smallest absolute Gasteiger partial charge is 0.0323 e. The molecule has 0 fully saturated rings. The Balaban J connectivity index is 2.04. The minimum atomic E-state index is 0.446. The average molecular weight is 281 g/mol. The van der Waals surface area contributed by atoms with Gasteiger partial charge in [-0.1, -0.05) is 67.9 Å². The van der Waals surface area contributed by atoms with Crippen molar-refractivity contribution in [1.29, 1.82) is 0 Å². The lowest BCUT2D eigenvalue weighted by atomic mass is 9.97. The monoisotopic (exact) mass is 281 g/mol. The summed E-state index contributed by atoms with van der Waals surface area (Å²) in [4.78, 5) is 0. The summed E-state index contributed by atoms with van der Waals surface area (Å²) in [6.45, 7) is 7.55. The predicted octanol–water partition coefficient (Wildman–Crippen LogP) is 4.84. The van der Waals surface area contributed by atoms with Crippen molar-refractivity contribution in [3.63, 3.8) is 0 Å². The molecular weight excluding hydrogens is 254 g/mol. The van der Waals surface area contributed by atoms with Gasteiger partial charge in [0.05, 0.1) is 0 Å². The minimum absolute atomic E-state index is 0.446. The second-order valence-corrected chi connectivity index (χ2v) is 5.73. The maximum Gasteiger partial charge on any atom is 0.0323 e. The van der Waals surface area contributed by atoms with E-state index in [1.54, 1.807) is 0 Å². The van der Waals surface area contributed by atoms with E-state index in [4.69, 9.17) is 0 Å². The molecule has 0 saturated heterocycles. The summed E-state index contributed by atoms with van der Waals surface area (Å²) in [5.74, 6) is 0. The van der Waals surface area contributed by atoms with Gasteiger partial charge in [-0.25, -0.2) is 0 Å². The van der Waals surface area contributed by atoms with Crippen LogP contribution >= 0.6 is 0 Å². The number of hydrogen-bond donors (Lipinski definition) is 1. The van der Waals surface area contributed by atoms with Gasteiger partial charge in [0.15, 0.2) is 0 Å². The fourth-order valence-corrected chi connectivity index (χ4v) is 2.80. The van der Waals surface area contributed by atoms with Crippen LogP contribution in [0.1, 0.15) is 48.6 Å². The van der Waals surface area contributed by atoms with Crippen molar-refractivity contribution in [1.82, 2.24) is 5.32 Å². The van der Waals surface area contributed by atoms with Crippen molar-refractivity contribution in [2.24, 2.45) is 0 Å². The topological polar surface area (TPSA) is 12.0 Å². The Kier molecular flexibility index (Phi) is 6.01. The molecule has 0 spiro atoms. The molecule has 0 aliphatic rings. The lowest BCUT2D eigenvalue weighted by Gasteiger charge is -2.19. The molecule has 2 rings (SSSR count). The molecule has 0 radical (unpaired) electrons. The Morgan fingerprint density at radius 3 is 2.33 bits per heavy atom. The highest BCUT2D eigenvalue weighted by atomic mass is 14.9. The largest absolute Gasteiger partial charge is 0.310 e. The number of hydrogen-bond acceptors (Lipinski definition) is 1. The summed E-state index contributed by atoms with van der Waals surface area (Å²) < 4.78 is 0. The maximum absolute atomic E-state index is 3.62. The molecule has 1 N–H and O–H groups in total. The molecule has 2 aromatic rings. The maximum atomic E-state index is 3.62. The van der Waals surface area contributed by atoms with Gasteiger partial charge in [-0.2, -0.15) is 0 Å². The van der Waals surface area contributed by atoms with Crippen molar-refractivity contribution in [2.75, 3.05) is 6.54 Å². The van der Waals surface area contributed by atoms with Crippen molar-refractivity contribution in [3.8, 4) is 0 Å². The fraction of sp³-hybridized carbons (Fsp3) is 0.400. The van der Waals surface area contributed by atoms with E-state index < -0.39 is 0 Å². The number of aryl methyl sites for hydroxylation is 3. The third kappa shape index (κ3) is 4.71. The fourth-order valence-electron chi connectivity index (χ4n) is 2.80. The van der Waals surface area contributed by atoms with Gasteiger partial charge in [0.1, 0.15) is 0 Å². The predicted molar refractivity (Wildman–Crippen MR) is 91.7 cm³/mol. The molecule has 1 heteroatoms. The summed E-state index contributed by atoms with van der Waals surface area (Å²) in [6, 6.07) is 18.4. The van der Waals surface area contributed by atoms with Gasteiger partial charge < -0.3 is 5.32 Å². The minimum Gasteiger partial charge on any atom is -0.310 e. The highest BCUT2D eigenvalue weighted by Crippen LogP contribution is 2.20. The molecular formula is C20H27N. The lowest BCUT2D eigenvalue weighted by molar-refractivity contribution is 0.515. The van der Waals surface area contributed by atoms with Crippen molar-refractivity contribution >= 4 is 0 Å². The van der Waals surface area contributed by atoms with Crippen LogP contribution in [-0.2, 0) is 12.8 Å². The standard InChI is InChI=1S/C20H27N/c1-4-17-9-12-19(13-10-17)20(21-5-2)14-11-18-8-6-7-16(3)15-18/h6-10,12-13,15,20-21H,4-5,11,14H2,1-3H3. The highest BCUT2D eigenvalue weighted by Gasteiger charge is 2.10. The zero-order valence-corrected chi connectivity index (χ0v) is 13.5. The normalized spacial score (nSPS) is 12.3. The zero-order chi connectivity index (χ0) is 15.1. The molecule has 0 aliphatic carbocycles. The molecule has 1 unspecified atom stereocenters. The first-order valence-electron chi connectivity index (χ1n) is 8.10. The summed E-state index contributed by atoms with van der Waals surface area (Å²) in [5, 5.41) is 3.62. The molecule has 2 aromatic carbocycles. The summed E-state index contributed by atoms with van der Waals surface area (Å²) in [7, 11) is 0. The van der Waals surface area contributed by atoms with Gasteiger partial charge in [-0.3, -0.25) is 0 Å². The highest BCUT2D eigenvalue weighted by molar-refractivity contribution is 5.26. The third-order valence-corrected chi connectivity index (χ3v) is 4.05. The lowest BCUT2D eigenvalue weighted by Crippen LogP contribution is -2.21. The first kappa shape index (κ1) is 15.8. The van der Waals surface area contributed by atoms with Gasteiger partial charge in [0.2, 0.25) is 0 Å². The van der Waals surface area contributed by atoms with Gasteiger partial charge in [-0.05, 0) is 49.4 Å². The Morgan fingerprint density at radius 1 is 0.952 bits per heavy atom. The van der Waals surface area contributed by atoms with Crippen LogP contribution in [0, 0.1) is 6.92 Å². The molecule has 0 aromatic heterocycles. The van der Waals surface area contributed by atoms with E-state index in [0.717, 1.165) is 25.8 Å². The molecule has 0 saturated carbocycles. The third-order valence-electron chi connectivity index (χ3n) is 4.05. The van der Waals surface area contributed by atoms with Crippen LogP contribution in [-0.4, -0.2) is 6.54 Å². The number of nitrogens with one attached hydrogen (secondary N) is 1. The van der Waals surface area contributed by atoms with Crippen LogP contribution in [0.2, 0.25) is 0 Å². The Hall–Kier alpha value is -1.60. The first-order chi connectivity index (χ1) is 10.2. The summed E-state index contributed by atoms with van der Waals surface area (Å²) >= 11 is 0. The van der Waals surface area contributed by atoms with E-state index in [0.29, 0.717) is 6.04 Å². The van der Waals surface area contributed by atoms with Crippen molar-refractivity contribution < 1.29 is 0 Å². The molecule has 21 heavy (non-hydrogen) atoms. The van der Waals surface area contributed by atoms with Crippen LogP contribution in [0.15, 0.2) is 48.5 Å². The van der Waals surface area contributed by atoms with E-state index in [9.17, 15) is 0 Å². The van der Waals surface area contributed by atoms with E-state index in [-0.39, 0.29) is 0 Å². The van der Waals surface area contributed by atoms with E-state index in [1.807, 2.05) is 0 Å². The molecule has 1 nitrogen and oxygen atoms in total. The van der Waals surface area contributed by atoms with Gasteiger partial charge >= 0.3 is 0 Å². The number of benzene rings is 2. The van der Waals surface area contributed by atoms with E-state index in [2.05, 4.69) is 74.6 Å². The Bertz CT molecular complexity index is 542. The van der Waals surface area contributed by atoms with Gasteiger partial charge in [-0.15, -0.1) is 0 Å². The van der Waals surface area contributed by atoms with Gasteiger partial charge in [0, 0.05) is 6.04 Å². The van der Waals surface area contributed by atoms with Crippen molar-refractivity contribution in [3.05, 3.63) is 70.8 Å². The second-order valence-electron chi connectivity index (χ2n) is 5.73.